The summed E-state index contributed by atoms with van der Waals surface area (Å²) in [7, 11) is 0. The largest absolute Gasteiger partial charge is 0.392 e. The Morgan fingerprint density at radius 2 is 2.25 bits per heavy atom. The highest BCUT2D eigenvalue weighted by molar-refractivity contribution is 9.10. The van der Waals surface area contributed by atoms with Crippen molar-refractivity contribution in [3.8, 4) is 0 Å². The fourth-order valence-electron chi connectivity index (χ4n) is 1.39. The van der Waals surface area contributed by atoms with Gasteiger partial charge in [-0.2, -0.15) is 0 Å². The molecule has 5 heteroatoms. The number of nitrogens with zero attached hydrogens (tertiary/aromatic N) is 1. The summed E-state index contributed by atoms with van der Waals surface area (Å²) in [5.41, 5.74) is 6.53. The molecule has 0 heterocycles. The number of rotatable bonds is 5. The van der Waals surface area contributed by atoms with Gasteiger partial charge in [-0.1, -0.05) is 41.1 Å². The van der Waals surface area contributed by atoms with Crippen molar-refractivity contribution in [1.82, 2.24) is 4.90 Å². The molecule has 0 saturated carbocycles. The standard InChI is InChI=1S/C11H14BrFN2S/c1-2-15(7-11(14)16)6-8-3-4-9(13)5-10(8)12/h3-5H,2,6-7H2,1H3,(H2,14,16). The van der Waals surface area contributed by atoms with Crippen LogP contribution >= 0.6 is 28.1 Å². The first-order valence-corrected chi connectivity index (χ1v) is 6.17. The predicted molar refractivity (Wildman–Crippen MR) is 71.8 cm³/mol. The van der Waals surface area contributed by atoms with E-state index in [-0.39, 0.29) is 5.82 Å². The molecule has 1 aromatic rings. The van der Waals surface area contributed by atoms with Gasteiger partial charge in [0.15, 0.2) is 0 Å². The molecule has 0 spiro atoms. The Kier molecular flexibility index (Phi) is 5.31. The molecule has 16 heavy (non-hydrogen) atoms. The Balaban J connectivity index is 2.73. The second-order valence-electron chi connectivity index (χ2n) is 3.51. The zero-order valence-corrected chi connectivity index (χ0v) is 11.4. The van der Waals surface area contributed by atoms with Gasteiger partial charge in [-0.25, -0.2) is 4.39 Å². The monoisotopic (exact) mass is 304 g/mol. The Morgan fingerprint density at radius 3 is 2.75 bits per heavy atom. The van der Waals surface area contributed by atoms with Crippen LogP contribution in [0, 0.1) is 5.82 Å². The zero-order valence-electron chi connectivity index (χ0n) is 9.04. The van der Waals surface area contributed by atoms with Crippen LogP contribution in [0.2, 0.25) is 0 Å². The van der Waals surface area contributed by atoms with E-state index in [0.717, 1.165) is 16.6 Å². The van der Waals surface area contributed by atoms with Crippen molar-refractivity contribution in [3.63, 3.8) is 0 Å². The summed E-state index contributed by atoms with van der Waals surface area (Å²) >= 11 is 8.21. The third-order valence-electron chi connectivity index (χ3n) is 2.24. The summed E-state index contributed by atoms with van der Waals surface area (Å²) in [6.07, 6.45) is 0. The van der Waals surface area contributed by atoms with Gasteiger partial charge >= 0.3 is 0 Å². The fraction of sp³-hybridized carbons (Fsp3) is 0.364. The summed E-state index contributed by atoms with van der Waals surface area (Å²) in [6.45, 7) is 4.17. The van der Waals surface area contributed by atoms with Crippen LogP contribution in [0.25, 0.3) is 0 Å². The van der Waals surface area contributed by atoms with Crippen molar-refractivity contribution < 1.29 is 4.39 Å². The maximum absolute atomic E-state index is 12.9. The molecular weight excluding hydrogens is 291 g/mol. The third-order valence-corrected chi connectivity index (χ3v) is 3.10. The molecule has 2 nitrogen and oxygen atoms in total. The number of thiocarbonyl (C=S) groups is 1. The second-order valence-corrected chi connectivity index (χ2v) is 4.88. The molecule has 0 atom stereocenters. The van der Waals surface area contributed by atoms with E-state index in [2.05, 4.69) is 20.8 Å². The highest BCUT2D eigenvalue weighted by Gasteiger charge is 2.08. The molecule has 2 N–H and O–H groups in total. The summed E-state index contributed by atoms with van der Waals surface area (Å²) < 4.78 is 13.7. The second kappa shape index (κ2) is 6.27. The molecule has 1 aromatic carbocycles. The quantitative estimate of drug-likeness (QED) is 0.848. The van der Waals surface area contributed by atoms with Crippen LogP contribution in [0.4, 0.5) is 4.39 Å². The fourth-order valence-corrected chi connectivity index (χ4v) is 2.05. The van der Waals surface area contributed by atoms with Crippen molar-refractivity contribution in [1.29, 1.82) is 0 Å². The Bertz CT molecular complexity index is 384. The maximum atomic E-state index is 12.9. The molecule has 0 fully saturated rings. The number of nitrogens with two attached hydrogens (primary N) is 1. The Morgan fingerprint density at radius 1 is 1.56 bits per heavy atom. The molecule has 0 aliphatic rings. The molecule has 0 bridgehead atoms. The summed E-state index contributed by atoms with van der Waals surface area (Å²) in [6, 6.07) is 4.68. The summed E-state index contributed by atoms with van der Waals surface area (Å²) in [5, 5.41) is 0. The van der Waals surface area contributed by atoms with Gasteiger partial charge in [0.25, 0.3) is 0 Å². The SMILES string of the molecule is CCN(CC(N)=S)Cc1ccc(F)cc1Br. The first-order valence-electron chi connectivity index (χ1n) is 4.97. The Hall–Kier alpha value is -0.520. The highest BCUT2D eigenvalue weighted by Crippen LogP contribution is 2.19. The van der Waals surface area contributed by atoms with Crippen LogP contribution in [0.15, 0.2) is 22.7 Å². The molecule has 1 rings (SSSR count). The van der Waals surface area contributed by atoms with Gasteiger partial charge in [0.05, 0.1) is 4.99 Å². The summed E-state index contributed by atoms with van der Waals surface area (Å²) in [4.78, 5) is 2.57. The van der Waals surface area contributed by atoms with Gasteiger partial charge in [0.2, 0.25) is 0 Å². The minimum Gasteiger partial charge on any atom is -0.392 e. The lowest BCUT2D eigenvalue weighted by Gasteiger charge is -2.20. The zero-order chi connectivity index (χ0) is 12.1. The van der Waals surface area contributed by atoms with E-state index in [0.29, 0.717) is 18.1 Å². The molecule has 0 radical (unpaired) electrons. The van der Waals surface area contributed by atoms with Gasteiger partial charge < -0.3 is 5.73 Å². The molecular formula is C11H14BrFN2S. The van der Waals surface area contributed by atoms with E-state index in [1.165, 1.54) is 12.1 Å². The van der Waals surface area contributed by atoms with E-state index in [4.69, 9.17) is 18.0 Å². The lowest BCUT2D eigenvalue weighted by atomic mass is 10.2. The van der Waals surface area contributed by atoms with Crippen LogP contribution in [0.5, 0.6) is 0 Å². The molecule has 0 unspecified atom stereocenters. The number of benzene rings is 1. The first-order chi connectivity index (χ1) is 7.52. The number of hydrogen-bond donors (Lipinski definition) is 1. The average Bonchev–Trinajstić information content (AvgIpc) is 2.20. The minimum atomic E-state index is -0.243. The van der Waals surface area contributed by atoms with Gasteiger partial charge in [0, 0.05) is 17.6 Å². The number of hydrogen-bond acceptors (Lipinski definition) is 2. The van der Waals surface area contributed by atoms with E-state index in [1.807, 2.05) is 6.92 Å². The lowest BCUT2D eigenvalue weighted by molar-refractivity contribution is 0.320. The van der Waals surface area contributed by atoms with Gasteiger partial charge in [-0.05, 0) is 24.2 Å². The smallest absolute Gasteiger partial charge is 0.124 e. The first kappa shape index (κ1) is 13.5. The lowest BCUT2D eigenvalue weighted by Crippen LogP contribution is -2.32. The van der Waals surface area contributed by atoms with Crippen molar-refractivity contribution >= 4 is 33.1 Å². The normalized spacial score (nSPS) is 10.8. The van der Waals surface area contributed by atoms with Crippen LogP contribution in [0.1, 0.15) is 12.5 Å². The van der Waals surface area contributed by atoms with Crippen LogP contribution < -0.4 is 5.73 Å². The van der Waals surface area contributed by atoms with Crippen molar-refractivity contribution in [3.05, 3.63) is 34.1 Å². The van der Waals surface area contributed by atoms with Crippen molar-refractivity contribution in [2.45, 2.75) is 13.5 Å². The van der Waals surface area contributed by atoms with E-state index < -0.39 is 0 Å². The van der Waals surface area contributed by atoms with E-state index in [9.17, 15) is 4.39 Å². The molecule has 0 aliphatic carbocycles. The van der Waals surface area contributed by atoms with Crippen molar-refractivity contribution in [2.24, 2.45) is 5.73 Å². The average molecular weight is 305 g/mol. The molecule has 0 aromatic heterocycles. The number of halogens is 2. The highest BCUT2D eigenvalue weighted by atomic mass is 79.9. The van der Waals surface area contributed by atoms with Crippen LogP contribution in [-0.2, 0) is 6.54 Å². The minimum absolute atomic E-state index is 0.243. The van der Waals surface area contributed by atoms with Crippen LogP contribution in [0.3, 0.4) is 0 Å². The molecule has 88 valence electrons. The molecule has 0 aliphatic heterocycles. The Labute approximate surface area is 109 Å². The predicted octanol–water partition coefficient (Wildman–Crippen LogP) is 2.70. The topological polar surface area (TPSA) is 29.3 Å². The maximum Gasteiger partial charge on any atom is 0.124 e. The van der Waals surface area contributed by atoms with E-state index in [1.54, 1.807) is 6.07 Å². The van der Waals surface area contributed by atoms with E-state index >= 15 is 0 Å². The number of likely N-dealkylation sites (N-methyl/N-ethyl adjacent to an activating group) is 1. The van der Waals surface area contributed by atoms with Crippen molar-refractivity contribution in [2.75, 3.05) is 13.1 Å². The third kappa shape index (κ3) is 4.15. The van der Waals surface area contributed by atoms with Gasteiger partial charge in [-0.3, -0.25) is 4.90 Å². The summed E-state index contributed by atoms with van der Waals surface area (Å²) in [5.74, 6) is -0.243. The molecule has 0 saturated heterocycles. The van der Waals surface area contributed by atoms with Crippen LogP contribution in [-0.4, -0.2) is 23.0 Å². The van der Waals surface area contributed by atoms with Gasteiger partial charge in [-0.15, -0.1) is 0 Å². The molecule has 0 amide bonds. The van der Waals surface area contributed by atoms with Gasteiger partial charge in [0.1, 0.15) is 5.82 Å².